The van der Waals surface area contributed by atoms with E-state index in [-0.39, 0.29) is 29.7 Å². The van der Waals surface area contributed by atoms with Crippen molar-refractivity contribution in [3.8, 4) is 11.5 Å². The van der Waals surface area contributed by atoms with Crippen LogP contribution in [0.1, 0.15) is 18.6 Å². The number of rotatable bonds is 10. The molecule has 2 aromatic heterocycles. The summed E-state index contributed by atoms with van der Waals surface area (Å²) in [5.41, 5.74) is 0.660. The highest BCUT2D eigenvalue weighted by Crippen LogP contribution is 2.37. The first kappa shape index (κ1) is 29.4. The number of anilines is 1. The summed E-state index contributed by atoms with van der Waals surface area (Å²) in [5, 5.41) is 20.2. The zero-order valence-electron chi connectivity index (χ0n) is 20.9. The van der Waals surface area contributed by atoms with Gasteiger partial charge in [0, 0.05) is 44.4 Å². The molecule has 1 atom stereocenters. The first-order chi connectivity index (χ1) is 18.1. The lowest BCUT2D eigenvalue weighted by Gasteiger charge is -2.32. The Bertz CT molecular complexity index is 1630. The van der Waals surface area contributed by atoms with Crippen molar-refractivity contribution in [2.75, 3.05) is 17.5 Å². The quantitative estimate of drug-likeness (QED) is 0.145. The van der Waals surface area contributed by atoms with Crippen LogP contribution >= 0.6 is 46.7 Å². The number of ether oxygens (including phenoxy) is 2. The minimum Gasteiger partial charge on any atom is -0.438 e. The second-order valence-electron chi connectivity index (χ2n) is 8.85. The molecular formula is C27H26Cl2N2O5S3. The van der Waals surface area contributed by atoms with E-state index in [4.69, 9.17) is 21.1 Å². The van der Waals surface area contributed by atoms with Gasteiger partial charge in [-0.15, -0.1) is 35.1 Å². The molecule has 0 spiro atoms. The van der Waals surface area contributed by atoms with E-state index in [1.807, 2.05) is 59.3 Å². The topological polar surface area (TPSA) is 96.9 Å². The van der Waals surface area contributed by atoms with Gasteiger partial charge in [-0.1, -0.05) is 41.9 Å². The molecule has 0 aliphatic heterocycles. The van der Waals surface area contributed by atoms with Gasteiger partial charge in [0.2, 0.25) is 10.0 Å². The van der Waals surface area contributed by atoms with Crippen LogP contribution in [0, 0.1) is 0 Å². The van der Waals surface area contributed by atoms with Crippen molar-refractivity contribution in [1.82, 2.24) is 5.32 Å². The summed E-state index contributed by atoms with van der Waals surface area (Å²) in [5.74, 6) is -0.0453. The Labute approximate surface area is 245 Å². The highest BCUT2D eigenvalue weighted by molar-refractivity contribution is 7.92. The number of nitrogens with one attached hydrogen (secondary N) is 2. The zero-order chi connectivity index (χ0) is 26.9. The third kappa shape index (κ3) is 6.96. The first-order valence-electron chi connectivity index (χ1n) is 11.6. The van der Waals surface area contributed by atoms with E-state index in [1.54, 1.807) is 35.7 Å². The number of hydrogen-bond donors (Lipinski definition) is 3. The molecule has 5 aromatic rings. The van der Waals surface area contributed by atoms with Crippen LogP contribution in [0.3, 0.4) is 0 Å². The molecule has 1 unspecified atom stereocenters. The summed E-state index contributed by atoms with van der Waals surface area (Å²) in [6.45, 7) is 1.80. The second-order valence-corrected chi connectivity index (χ2v) is 12.8. The standard InChI is InChI=1S/C27H25ClN2O5S3.ClH/c1-27(34-23-15-36-25-9-5-3-7-18(23)25,35-24-16-37-26-10-6-4-8-19(24)26)29-14-22(31)17-11-12-20(28)21(13-17)30-38(2,32)33;/h3-13,15-16,22,29-31H,14H2,1-2H3;1H. The molecule has 0 radical (unpaired) electrons. The van der Waals surface area contributed by atoms with Crippen molar-refractivity contribution in [2.24, 2.45) is 0 Å². The summed E-state index contributed by atoms with van der Waals surface area (Å²) in [7, 11) is -3.54. The third-order valence-corrected chi connectivity index (χ3v) is 8.59. The molecule has 7 nitrogen and oxygen atoms in total. The molecule has 0 aliphatic rings. The molecule has 0 aliphatic carbocycles. The zero-order valence-corrected chi connectivity index (χ0v) is 24.9. The van der Waals surface area contributed by atoms with E-state index < -0.39 is 22.0 Å². The number of benzene rings is 3. The van der Waals surface area contributed by atoms with Gasteiger partial charge in [-0.2, -0.15) is 0 Å². The SMILES string of the molecule is CC(NCC(O)c1ccc(Cl)c(NS(C)(=O)=O)c1)(Oc1csc2ccccc12)Oc1csc2ccccc12.Cl. The number of hydrogen-bond acceptors (Lipinski definition) is 8. The van der Waals surface area contributed by atoms with E-state index in [0.29, 0.717) is 17.1 Å². The molecule has 39 heavy (non-hydrogen) atoms. The molecular weight excluding hydrogens is 599 g/mol. The third-order valence-electron chi connectivity index (χ3n) is 5.79. The Kier molecular flexibility index (Phi) is 8.97. The molecule has 12 heteroatoms. The number of fused-ring (bicyclic) bond motifs is 2. The van der Waals surface area contributed by atoms with Crippen molar-refractivity contribution in [3.63, 3.8) is 0 Å². The number of aliphatic hydroxyl groups is 1. The maximum absolute atomic E-state index is 11.7. The summed E-state index contributed by atoms with van der Waals surface area (Å²) >= 11 is 9.29. The number of aliphatic hydroxyl groups excluding tert-OH is 1. The fourth-order valence-corrected chi connectivity index (χ4v) is 6.52. The lowest BCUT2D eigenvalue weighted by molar-refractivity contribution is -0.127. The van der Waals surface area contributed by atoms with Gasteiger partial charge in [0.1, 0.15) is 11.5 Å². The molecule has 0 saturated carbocycles. The molecule has 2 heterocycles. The summed E-state index contributed by atoms with van der Waals surface area (Å²) in [6, 6.07) is 20.6. The molecule has 5 rings (SSSR count). The number of thiophene rings is 2. The van der Waals surface area contributed by atoms with Crippen molar-refractivity contribution in [3.05, 3.63) is 88.1 Å². The Balaban J connectivity index is 0.00000353. The van der Waals surface area contributed by atoms with Gasteiger partial charge < -0.3 is 14.6 Å². The molecule has 0 saturated heterocycles. The Morgan fingerprint density at radius 2 is 1.49 bits per heavy atom. The Morgan fingerprint density at radius 1 is 0.949 bits per heavy atom. The number of halogens is 2. The van der Waals surface area contributed by atoms with Crippen LogP contribution in [0.2, 0.25) is 5.02 Å². The van der Waals surface area contributed by atoms with Crippen LogP contribution in [0.15, 0.2) is 77.5 Å². The number of sulfonamides is 1. The van der Waals surface area contributed by atoms with Crippen LogP contribution in [0.4, 0.5) is 5.69 Å². The van der Waals surface area contributed by atoms with E-state index in [0.717, 1.165) is 26.4 Å². The fraction of sp³-hybridized carbons (Fsp3) is 0.185. The smallest absolute Gasteiger partial charge is 0.310 e. The summed E-state index contributed by atoms with van der Waals surface area (Å²) < 4.78 is 40.8. The van der Waals surface area contributed by atoms with Crippen molar-refractivity contribution >= 4 is 82.6 Å². The molecule has 0 amide bonds. The Morgan fingerprint density at radius 3 is 2.03 bits per heavy atom. The van der Waals surface area contributed by atoms with Gasteiger partial charge in [0.05, 0.1) is 23.1 Å². The predicted molar refractivity (Wildman–Crippen MR) is 163 cm³/mol. The molecule has 0 bridgehead atoms. The van der Waals surface area contributed by atoms with E-state index in [2.05, 4.69) is 10.0 Å². The van der Waals surface area contributed by atoms with Gasteiger partial charge in [-0.3, -0.25) is 4.72 Å². The largest absolute Gasteiger partial charge is 0.438 e. The molecule has 0 fully saturated rings. The molecule has 3 aromatic carbocycles. The average Bonchev–Trinajstić information content (AvgIpc) is 3.47. The maximum Gasteiger partial charge on any atom is 0.310 e. The van der Waals surface area contributed by atoms with Gasteiger partial charge in [0.15, 0.2) is 0 Å². The van der Waals surface area contributed by atoms with Crippen LogP contribution in [0.25, 0.3) is 20.2 Å². The van der Waals surface area contributed by atoms with Crippen molar-refractivity contribution < 1.29 is 23.0 Å². The predicted octanol–water partition coefficient (Wildman–Crippen LogP) is 7.02. The van der Waals surface area contributed by atoms with E-state index in [9.17, 15) is 13.5 Å². The average molecular weight is 626 g/mol. The highest BCUT2D eigenvalue weighted by Gasteiger charge is 2.32. The minimum absolute atomic E-state index is 0. The van der Waals surface area contributed by atoms with Crippen LogP contribution in [-0.2, 0) is 10.0 Å². The van der Waals surface area contributed by atoms with Crippen molar-refractivity contribution in [1.29, 1.82) is 0 Å². The lowest BCUT2D eigenvalue weighted by Crippen LogP contribution is -2.53. The van der Waals surface area contributed by atoms with Gasteiger partial charge in [0.25, 0.3) is 0 Å². The molecule has 3 N–H and O–H groups in total. The van der Waals surface area contributed by atoms with Crippen molar-refractivity contribution in [2.45, 2.75) is 18.9 Å². The normalized spacial score (nSPS) is 12.7. The Hall–Kier alpha value is -2.57. The fourth-order valence-electron chi connectivity index (χ4n) is 4.01. The summed E-state index contributed by atoms with van der Waals surface area (Å²) in [6.07, 6.45) is 0.0217. The van der Waals surface area contributed by atoms with Crippen LogP contribution < -0.4 is 19.5 Å². The van der Waals surface area contributed by atoms with Crippen LogP contribution in [0.5, 0.6) is 11.5 Å². The molecule has 206 valence electrons. The first-order valence-corrected chi connectivity index (χ1v) is 15.6. The maximum atomic E-state index is 11.7. The minimum atomic E-state index is -3.54. The second kappa shape index (κ2) is 11.9. The van der Waals surface area contributed by atoms with E-state index >= 15 is 0 Å². The highest BCUT2D eigenvalue weighted by atomic mass is 35.5. The van der Waals surface area contributed by atoms with Gasteiger partial charge in [-0.25, -0.2) is 13.7 Å². The van der Waals surface area contributed by atoms with E-state index in [1.165, 1.54) is 12.1 Å². The van der Waals surface area contributed by atoms with Gasteiger partial charge in [-0.05, 0) is 42.0 Å². The lowest BCUT2D eigenvalue weighted by atomic mass is 10.1. The monoisotopic (exact) mass is 624 g/mol. The van der Waals surface area contributed by atoms with Crippen LogP contribution in [-0.4, -0.2) is 32.2 Å². The summed E-state index contributed by atoms with van der Waals surface area (Å²) in [4.78, 5) is 0. The van der Waals surface area contributed by atoms with Gasteiger partial charge >= 0.3 is 5.91 Å².